The molecule has 0 radical (unpaired) electrons. The zero-order valence-electron chi connectivity index (χ0n) is 20.0. The van der Waals surface area contributed by atoms with Crippen molar-refractivity contribution in [2.24, 2.45) is 0 Å². The number of aromatic amines is 1. The number of benzene rings is 2. The average molecular weight is 493 g/mol. The quantitative estimate of drug-likeness (QED) is 0.237. The van der Waals surface area contributed by atoms with E-state index < -0.39 is 0 Å². The molecule has 0 aliphatic rings. The summed E-state index contributed by atoms with van der Waals surface area (Å²) in [7, 11) is 0. The SMILES string of the molecule is Cc1c(NC(=O)NCCc2c[nH]cn2)cn2ncc(C#N)c(Nc3ccc(Oc4ccccc4)cc3)c12. The van der Waals surface area contributed by atoms with Crippen LogP contribution in [-0.4, -0.2) is 32.2 Å². The Morgan fingerprint density at radius 2 is 1.92 bits per heavy atom. The van der Waals surface area contributed by atoms with Crippen molar-refractivity contribution < 1.29 is 9.53 Å². The summed E-state index contributed by atoms with van der Waals surface area (Å²) in [5.41, 5.74) is 4.68. The van der Waals surface area contributed by atoms with Crippen molar-refractivity contribution in [2.45, 2.75) is 13.3 Å². The Balaban J connectivity index is 1.33. The van der Waals surface area contributed by atoms with E-state index in [4.69, 9.17) is 4.74 Å². The zero-order chi connectivity index (χ0) is 25.6. The van der Waals surface area contributed by atoms with E-state index in [0.29, 0.717) is 41.2 Å². The van der Waals surface area contributed by atoms with Crippen LogP contribution in [-0.2, 0) is 6.42 Å². The number of hydrogen-bond acceptors (Lipinski definition) is 6. The minimum atomic E-state index is -0.335. The predicted octanol–water partition coefficient (Wildman–Crippen LogP) is 5.14. The predicted molar refractivity (Wildman–Crippen MR) is 140 cm³/mol. The molecular formula is C27H24N8O2. The lowest BCUT2D eigenvalue weighted by molar-refractivity contribution is 0.252. The standard InChI is InChI=1S/C27H24N8O2/c1-18-24(34-27(36)30-12-11-21-15-29-17-31-21)16-35-26(18)25(19(13-28)14-32-35)33-20-7-9-23(10-8-20)37-22-5-3-2-4-6-22/h2-10,14-17,33H,11-12H2,1H3,(H,29,31)(H2,30,34,36). The molecule has 37 heavy (non-hydrogen) atoms. The van der Waals surface area contributed by atoms with Crippen LogP contribution < -0.4 is 20.7 Å². The normalized spacial score (nSPS) is 10.6. The van der Waals surface area contributed by atoms with Gasteiger partial charge in [0.1, 0.15) is 17.6 Å². The Morgan fingerprint density at radius 1 is 1.14 bits per heavy atom. The molecule has 3 aromatic heterocycles. The minimum Gasteiger partial charge on any atom is -0.457 e. The molecule has 0 unspecified atom stereocenters. The first-order valence-corrected chi connectivity index (χ1v) is 11.6. The molecule has 184 valence electrons. The third kappa shape index (κ3) is 5.36. The largest absolute Gasteiger partial charge is 0.457 e. The lowest BCUT2D eigenvalue weighted by atomic mass is 10.1. The van der Waals surface area contributed by atoms with Crippen molar-refractivity contribution in [3.05, 3.63) is 96.3 Å². The second kappa shape index (κ2) is 10.5. The van der Waals surface area contributed by atoms with Gasteiger partial charge in [-0.2, -0.15) is 10.4 Å². The summed E-state index contributed by atoms with van der Waals surface area (Å²) in [5.74, 6) is 1.45. The maximum atomic E-state index is 12.5. The van der Waals surface area contributed by atoms with E-state index >= 15 is 0 Å². The molecular weight excluding hydrogens is 468 g/mol. The number of ether oxygens (including phenoxy) is 1. The number of hydrogen-bond donors (Lipinski definition) is 4. The highest BCUT2D eigenvalue weighted by Gasteiger charge is 2.17. The van der Waals surface area contributed by atoms with E-state index in [1.807, 2.05) is 61.5 Å². The van der Waals surface area contributed by atoms with Crippen LogP contribution in [0.2, 0.25) is 0 Å². The Hall–Kier alpha value is -5.30. The number of nitrogens with zero attached hydrogens (tertiary/aromatic N) is 4. The Morgan fingerprint density at radius 3 is 2.65 bits per heavy atom. The van der Waals surface area contributed by atoms with Crippen molar-refractivity contribution in [1.82, 2.24) is 24.9 Å². The highest BCUT2D eigenvalue weighted by Crippen LogP contribution is 2.33. The highest BCUT2D eigenvalue weighted by atomic mass is 16.5. The van der Waals surface area contributed by atoms with Gasteiger partial charge < -0.3 is 25.7 Å². The number of rotatable bonds is 8. The van der Waals surface area contributed by atoms with Gasteiger partial charge in [0.25, 0.3) is 0 Å². The fourth-order valence-electron chi connectivity index (χ4n) is 3.90. The second-order valence-electron chi connectivity index (χ2n) is 8.26. The lowest BCUT2D eigenvalue weighted by Gasteiger charge is -2.12. The molecule has 0 fully saturated rings. The molecule has 2 amide bonds. The fourth-order valence-corrected chi connectivity index (χ4v) is 3.90. The molecule has 3 heterocycles. The number of carbonyl (C=O) groups excluding carboxylic acids is 1. The number of fused-ring (bicyclic) bond motifs is 1. The Labute approximate surface area is 212 Å². The first kappa shape index (κ1) is 23.4. The molecule has 5 rings (SSSR count). The van der Waals surface area contributed by atoms with Gasteiger partial charge in [-0.25, -0.2) is 14.3 Å². The second-order valence-corrected chi connectivity index (χ2v) is 8.26. The first-order chi connectivity index (χ1) is 18.1. The zero-order valence-corrected chi connectivity index (χ0v) is 20.0. The monoisotopic (exact) mass is 492 g/mol. The van der Waals surface area contributed by atoms with E-state index in [1.165, 1.54) is 6.20 Å². The molecule has 2 aromatic carbocycles. The van der Waals surface area contributed by atoms with Crippen LogP contribution in [0.1, 0.15) is 16.8 Å². The molecule has 0 bridgehead atoms. The maximum Gasteiger partial charge on any atom is 0.319 e. The van der Waals surface area contributed by atoms with Crippen LogP contribution in [0.5, 0.6) is 11.5 Å². The smallest absolute Gasteiger partial charge is 0.319 e. The van der Waals surface area contributed by atoms with Crippen LogP contribution in [0.25, 0.3) is 5.52 Å². The number of para-hydroxylation sites is 1. The number of H-pyrrole nitrogens is 1. The Bertz CT molecular complexity index is 1550. The highest BCUT2D eigenvalue weighted by molar-refractivity contribution is 5.94. The third-order valence-electron chi connectivity index (χ3n) is 5.75. The van der Waals surface area contributed by atoms with Gasteiger partial charge in [-0.1, -0.05) is 18.2 Å². The van der Waals surface area contributed by atoms with Crippen molar-refractivity contribution in [2.75, 3.05) is 17.2 Å². The summed E-state index contributed by atoms with van der Waals surface area (Å²) >= 11 is 0. The molecule has 0 aliphatic carbocycles. The number of amides is 2. The Kier molecular flexibility index (Phi) is 6.67. The number of urea groups is 1. The van der Waals surface area contributed by atoms with E-state index in [-0.39, 0.29) is 6.03 Å². The van der Waals surface area contributed by atoms with E-state index in [2.05, 4.69) is 37.1 Å². The van der Waals surface area contributed by atoms with Crippen molar-refractivity contribution in [1.29, 1.82) is 5.26 Å². The number of aryl methyl sites for hydroxylation is 1. The number of carbonyl (C=O) groups is 1. The molecule has 0 aliphatic heterocycles. The van der Waals surface area contributed by atoms with Gasteiger partial charge in [-0.3, -0.25) is 0 Å². The van der Waals surface area contributed by atoms with Crippen molar-refractivity contribution in [3.63, 3.8) is 0 Å². The van der Waals surface area contributed by atoms with Crippen molar-refractivity contribution >= 4 is 28.6 Å². The van der Waals surface area contributed by atoms with Crippen LogP contribution >= 0.6 is 0 Å². The molecule has 0 spiro atoms. The average Bonchev–Trinajstić information content (AvgIpc) is 3.54. The van der Waals surface area contributed by atoms with Crippen molar-refractivity contribution in [3.8, 4) is 17.6 Å². The van der Waals surface area contributed by atoms with Gasteiger partial charge in [0.05, 0.1) is 46.9 Å². The van der Waals surface area contributed by atoms with E-state index in [1.54, 1.807) is 23.2 Å². The van der Waals surface area contributed by atoms with E-state index in [9.17, 15) is 10.1 Å². The third-order valence-corrected chi connectivity index (χ3v) is 5.75. The molecule has 10 nitrogen and oxygen atoms in total. The van der Waals surface area contributed by atoms with Gasteiger partial charge in [0, 0.05) is 30.4 Å². The van der Waals surface area contributed by atoms with Gasteiger partial charge >= 0.3 is 6.03 Å². The summed E-state index contributed by atoms with van der Waals surface area (Å²) in [4.78, 5) is 19.5. The summed E-state index contributed by atoms with van der Waals surface area (Å²) in [6, 6.07) is 18.9. The molecule has 0 saturated heterocycles. The van der Waals surface area contributed by atoms with Crippen LogP contribution in [0.4, 0.5) is 21.9 Å². The van der Waals surface area contributed by atoms with E-state index in [0.717, 1.165) is 22.7 Å². The topological polar surface area (TPSA) is 132 Å². The summed E-state index contributed by atoms with van der Waals surface area (Å²) in [6.45, 7) is 2.32. The van der Waals surface area contributed by atoms with Gasteiger partial charge in [0.2, 0.25) is 0 Å². The molecule has 10 heteroatoms. The number of anilines is 3. The van der Waals surface area contributed by atoms with Crippen LogP contribution in [0.15, 0.2) is 79.5 Å². The van der Waals surface area contributed by atoms with Crippen LogP contribution in [0, 0.1) is 18.3 Å². The number of nitrogens with one attached hydrogen (secondary N) is 4. The molecule has 5 aromatic rings. The minimum absolute atomic E-state index is 0.335. The molecule has 0 atom stereocenters. The van der Waals surface area contributed by atoms with Gasteiger partial charge in [-0.15, -0.1) is 0 Å². The molecule has 4 N–H and O–H groups in total. The summed E-state index contributed by atoms with van der Waals surface area (Å²) in [5, 5.41) is 23.1. The lowest BCUT2D eigenvalue weighted by Crippen LogP contribution is -2.30. The summed E-state index contributed by atoms with van der Waals surface area (Å²) in [6.07, 6.45) is 7.23. The fraction of sp³-hybridized carbons (Fsp3) is 0.111. The van der Waals surface area contributed by atoms with Gasteiger partial charge in [0.15, 0.2) is 0 Å². The maximum absolute atomic E-state index is 12.5. The number of nitriles is 1. The first-order valence-electron chi connectivity index (χ1n) is 11.6. The number of aromatic nitrogens is 4. The summed E-state index contributed by atoms with van der Waals surface area (Å²) < 4.78 is 7.51. The van der Waals surface area contributed by atoms with Gasteiger partial charge in [-0.05, 0) is 43.3 Å². The molecule has 0 saturated carbocycles. The van der Waals surface area contributed by atoms with Crippen LogP contribution in [0.3, 0.4) is 0 Å². The number of imidazole rings is 1.